The summed E-state index contributed by atoms with van der Waals surface area (Å²) in [4.78, 5) is 2.36. The van der Waals surface area contributed by atoms with Gasteiger partial charge in [0.05, 0.1) is 5.69 Å². The fraction of sp³-hybridized carbons (Fsp3) is 0. The molecule has 10 aromatic carbocycles. The van der Waals surface area contributed by atoms with Gasteiger partial charge in [0.2, 0.25) is 0 Å². The second-order valence-corrected chi connectivity index (χ2v) is 15.2. The largest absolute Gasteiger partial charge is 0.453 e. The Morgan fingerprint density at radius 1 is 0.283 bits per heavy atom. The third-order valence-corrected chi connectivity index (χ3v) is 11.7. The molecule has 0 aliphatic carbocycles. The molecule has 0 aliphatic rings. The molecule has 1 heterocycles. The zero-order chi connectivity index (χ0) is 39.8. The monoisotopic (exact) mass is 765 g/mol. The fourth-order valence-electron chi connectivity index (χ4n) is 8.88. The fourth-order valence-corrected chi connectivity index (χ4v) is 8.88. The van der Waals surface area contributed by atoms with Gasteiger partial charge < -0.3 is 9.32 Å². The minimum atomic E-state index is 0.843. The quantitative estimate of drug-likeness (QED) is 0.153. The molecule has 0 unspecified atom stereocenters. The minimum absolute atomic E-state index is 0.843. The Bertz CT molecular complexity index is 3270. The van der Waals surface area contributed by atoms with Crippen LogP contribution in [0.2, 0.25) is 0 Å². The number of furan rings is 1. The Hall–Kier alpha value is -7.94. The number of hydrogen-bond donors (Lipinski definition) is 0. The van der Waals surface area contributed by atoms with Crippen LogP contribution in [0.15, 0.2) is 241 Å². The van der Waals surface area contributed by atoms with Crippen molar-refractivity contribution < 1.29 is 4.42 Å². The van der Waals surface area contributed by atoms with Gasteiger partial charge in [0, 0.05) is 27.7 Å². The lowest BCUT2D eigenvalue weighted by Gasteiger charge is -2.27. The molecule has 0 fully saturated rings. The van der Waals surface area contributed by atoms with E-state index in [4.69, 9.17) is 4.42 Å². The van der Waals surface area contributed by atoms with Gasteiger partial charge in [0.1, 0.15) is 5.58 Å². The van der Waals surface area contributed by atoms with Crippen molar-refractivity contribution in [2.75, 3.05) is 4.90 Å². The van der Waals surface area contributed by atoms with Crippen LogP contribution in [0.5, 0.6) is 0 Å². The molecule has 2 nitrogen and oxygen atoms in total. The molecule has 282 valence electrons. The van der Waals surface area contributed by atoms with E-state index in [1.807, 2.05) is 0 Å². The van der Waals surface area contributed by atoms with Crippen LogP contribution in [0.3, 0.4) is 0 Å². The summed E-state index contributed by atoms with van der Waals surface area (Å²) in [6.45, 7) is 0. The van der Waals surface area contributed by atoms with Crippen LogP contribution < -0.4 is 4.90 Å². The summed E-state index contributed by atoms with van der Waals surface area (Å²) < 4.78 is 7.06. The van der Waals surface area contributed by atoms with Crippen LogP contribution in [0.1, 0.15) is 0 Å². The lowest BCUT2D eigenvalue weighted by molar-refractivity contribution is 0.670. The zero-order valence-corrected chi connectivity index (χ0v) is 32.9. The van der Waals surface area contributed by atoms with Crippen molar-refractivity contribution in [3.8, 4) is 55.6 Å². The maximum Gasteiger partial charge on any atom is 0.159 e. The average Bonchev–Trinajstić information content (AvgIpc) is 3.72. The van der Waals surface area contributed by atoms with E-state index in [1.165, 1.54) is 38.6 Å². The number of fused-ring (bicyclic) bond motifs is 4. The zero-order valence-electron chi connectivity index (χ0n) is 32.9. The minimum Gasteiger partial charge on any atom is -0.453 e. The van der Waals surface area contributed by atoms with E-state index in [9.17, 15) is 0 Å². The summed E-state index contributed by atoms with van der Waals surface area (Å²) >= 11 is 0. The third-order valence-electron chi connectivity index (χ3n) is 11.7. The first-order chi connectivity index (χ1) is 29.8. The van der Waals surface area contributed by atoms with Gasteiger partial charge in [-0.25, -0.2) is 0 Å². The van der Waals surface area contributed by atoms with Crippen LogP contribution in [0.4, 0.5) is 17.1 Å². The van der Waals surface area contributed by atoms with Crippen LogP contribution in [-0.4, -0.2) is 0 Å². The molecule has 11 rings (SSSR count). The van der Waals surface area contributed by atoms with Crippen molar-refractivity contribution in [3.05, 3.63) is 237 Å². The number of nitrogens with zero attached hydrogens (tertiary/aromatic N) is 1. The molecule has 0 saturated carbocycles. The van der Waals surface area contributed by atoms with E-state index < -0.39 is 0 Å². The summed E-state index contributed by atoms with van der Waals surface area (Å²) in [6.07, 6.45) is 0. The summed E-state index contributed by atoms with van der Waals surface area (Å²) in [6, 6.07) is 84.7. The van der Waals surface area contributed by atoms with Gasteiger partial charge >= 0.3 is 0 Å². The lowest BCUT2D eigenvalue weighted by Crippen LogP contribution is -2.10. The molecule has 0 atom stereocenters. The van der Waals surface area contributed by atoms with Gasteiger partial charge in [-0.2, -0.15) is 0 Å². The van der Waals surface area contributed by atoms with Crippen LogP contribution in [0, 0.1) is 0 Å². The van der Waals surface area contributed by atoms with E-state index in [1.54, 1.807) is 0 Å². The van der Waals surface area contributed by atoms with E-state index in [2.05, 4.69) is 241 Å². The van der Waals surface area contributed by atoms with Crippen molar-refractivity contribution in [2.24, 2.45) is 0 Å². The Labute approximate surface area is 349 Å². The highest BCUT2D eigenvalue weighted by Gasteiger charge is 2.22. The predicted molar refractivity (Wildman–Crippen MR) is 253 cm³/mol. The van der Waals surface area contributed by atoms with Crippen molar-refractivity contribution >= 4 is 49.8 Å². The highest BCUT2D eigenvalue weighted by molar-refractivity contribution is 6.14. The second-order valence-electron chi connectivity index (χ2n) is 15.2. The first-order valence-electron chi connectivity index (χ1n) is 20.5. The predicted octanol–water partition coefficient (Wildman–Crippen LogP) is 16.5. The first kappa shape index (κ1) is 35.2. The van der Waals surface area contributed by atoms with Gasteiger partial charge in [-0.1, -0.05) is 206 Å². The van der Waals surface area contributed by atoms with Gasteiger partial charge in [0.25, 0.3) is 0 Å². The summed E-state index contributed by atoms with van der Waals surface area (Å²) in [5, 5.41) is 4.65. The molecule has 0 amide bonds. The van der Waals surface area contributed by atoms with Gasteiger partial charge in [-0.05, 0) is 91.2 Å². The van der Waals surface area contributed by atoms with Gasteiger partial charge in [0.15, 0.2) is 5.58 Å². The molecule has 2 heteroatoms. The van der Waals surface area contributed by atoms with Crippen molar-refractivity contribution in [2.45, 2.75) is 0 Å². The lowest BCUT2D eigenvalue weighted by atomic mass is 9.91. The molecule has 60 heavy (non-hydrogen) atoms. The van der Waals surface area contributed by atoms with E-state index >= 15 is 0 Å². The summed E-state index contributed by atoms with van der Waals surface area (Å²) in [7, 11) is 0. The standard InChI is InChI=1S/C58H39NO/c1-5-17-40(18-6-1)48-38-37-47(39-54(48)43-23-11-4-12-24-43)59(55-32-16-31-53-52-30-15-29-51(57(52)60-58(53)55)42-21-9-3-10-22-42)46-35-33-44(34-36-46)50-28-14-26-45-25-13-27-49(56(45)50)41-19-7-2-8-20-41/h1-39H. The first-order valence-corrected chi connectivity index (χ1v) is 20.5. The third kappa shape index (κ3) is 6.23. The molecular weight excluding hydrogens is 727 g/mol. The maximum atomic E-state index is 7.06. The second kappa shape index (κ2) is 15.1. The molecule has 1 aromatic heterocycles. The Morgan fingerprint density at radius 2 is 0.733 bits per heavy atom. The summed E-state index contributed by atoms with van der Waals surface area (Å²) in [5.74, 6) is 0. The van der Waals surface area contributed by atoms with Crippen LogP contribution in [-0.2, 0) is 0 Å². The number of hydrogen-bond acceptors (Lipinski definition) is 2. The number of benzene rings is 10. The Balaban J connectivity index is 1.12. The Morgan fingerprint density at radius 3 is 1.33 bits per heavy atom. The van der Waals surface area contributed by atoms with Gasteiger partial charge in [-0.15, -0.1) is 0 Å². The number of anilines is 3. The molecule has 0 saturated heterocycles. The van der Waals surface area contributed by atoms with E-state index in [0.717, 1.165) is 66.8 Å². The van der Waals surface area contributed by atoms with Crippen molar-refractivity contribution in [1.82, 2.24) is 0 Å². The number of rotatable bonds is 8. The normalized spacial score (nSPS) is 11.3. The van der Waals surface area contributed by atoms with Crippen LogP contribution in [0.25, 0.3) is 88.3 Å². The molecular formula is C58H39NO. The topological polar surface area (TPSA) is 16.4 Å². The SMILES string of the molecule is c1ccc(-c2ccc(N(c3ccc(-c4cccc5cccc(-c6ccccc6)c45)cc3)c3cccc4c3oc3c(-c5ccccc5)cccc34)cc2-c2ccccc2)cc1. The van der Waals surface area contributed by atoms with Crippen molar-refractivity contribution in [1.29, 1.82) is 0 Å². The molecule has 0 N–H and O–H groups in total. The van der Waals surface area contributed by atoms with Crippen LogP contribution >= 0.6 is 0 Å². The summed E-state index contributed by atoms with van der Waals surface area (Å²) in [5.41, 5.74) is 16.5. The average molecular weight is 766 g/mol. The number of para-hydroxylation sites is 2. The van der Waals surface area contributed by atoms with Gasteiger partial charge in [-0.3, -0.25) is 0 Å². The van der Waals surface area contributed by atoms with E-state index in [0.29, 0.717) is 0 Å². The molecule has 0 bridgehead atoms. The smallest absolute Gasteiger partial charge is 0.159 e. The van der Waals surface area contributed by atoms with Crippen molar-refractivity contribution in [3.63, 3.8) is 0 Å². The van der Waals surface area contributed by atoms with E-state index in [-0.39, 0.29) is 0 Å². The highest BCUT2D eigenvalue weighted by Crippen LogP contribution is 2.46. The molecule has 0 spiro atoms. The maximum absolute atomic E-state index is 7.06. The molecule has 0 radical (unpaired) electrons. The Kier molecular flexibility index (Phi) is 8.87. The molecule has 0 aliphatic heterocycles. The highest BCUT2D eigenvalue weighted by atomic mass is 16.3. The molecule has 11 aromatic rings.